The van der Waals surface area contributed by atoms with Crippen LogP contribution >= 0.6 is 0 Å². The molecule has 5 atom stereocenters. The van der Waals surface area contributed by atoms with Crippen LogP contribution in [0.2, 0.25) is 0 Å². The standard InChI is InChI=1S/C19H32N2O5.C6H6N2O4/c1-4-8-14(19(25)26-5-2)20-12(3)17(22)21-15-10-7-6-9-13(15)11-16(21)18(23)24;1-4-5(2-3-6(9)10)7-12-8(4)11/h12-16,20H,4-11H2,1-3H3,(H,23,24);2-3H,1H3,(H,9,10)/b;3-2+/t12-,13-,14-,15-,16-;/m0./s1. The average molecular weight is 539 g/mol. The van der Waals surface area contributed by atoms with Gasteiger partial charge in [0.25, 0.3) is 0 Å². The van der Waals surface area contributed by atoms with Gasteiger partial charge in [-0.2, -0.15) is 0 Å². The van der Waals surface area contributed by atoms with Crippen molar-refractivity contribution in [1.29, 1.82) is 0 Å². The molecular weight excluding hydrogens is 500 g/mol. The molecular formula is C25H38N4O9. The fourth-order valence-electron chi connectivity index (χ4n) is 5.00. The van der Waals surface area contributed by atoms with Crippen molar-refractivity contribution in [1.82, 2.24) is 15.4 Å². The van der Waals surface area contributed by atoms with Gasteiger partial charge in [0.2, 0.25) is 11.6 Å². The highest BCUT2D eigenvalue weighted by molar-refractivity contribution is 5.88. The summed E-state index contributed by atoms with van der Waals surface area (Å²) in [5.41, 5.74) is 0.444. The second-order valence-corrected chi connectivity index (χ2v) is 9.50. The molecule has 212 valence electrons. The number of fused-ring (bicyclic) bond motifs is 1. The van der Waals surface area contributed by atoms with E-state index < -0.39 is 30.1 Å². The smallest absolute Gasteiger partial charge is 0.328 e. The Kier molecular flexibility index (Phi) is 11.7. The number of carbonyl (C=O) groups is 4. The van der Waals surface area contributed by atoms with Gasteiger partial charge in [-0.05, 0) is 50.4 Å². The zero-order valence-electron chi connectivity index (χ0n) is 22.3. The third-order valence-electron chi connectivity index (χ3n) is 6.84. The number of esters is 1. The summed E-state index contributed by atoms with van der Waals surface area (Å²) in [5.74, 6) is -2.35. The lowest BCUT2D eigenvalue weighted by Gasteiger charge is -2.35. The maximum Gasteiger partial charge on any atom is 0.328 e. The number of aliphatic carboxylic acids is 2. The Morgan fingerprint density at radius 3 is 2.50 bits per heavy atom. The molecule has 0 unspecified atom stereocenters. The Labute approximate surface area is 221 Å². The minimum absolute atomic E-state index is 0.00817. The quantitative estimate of drug-likeness (QED) is 0.223. The second kappa shape index (κ2) is 14.5. The van der Waals surface area contributed by atoms with Crippen molar-refractivity contribution in [2.24, 2.45) is 5.92 Å². The summed E-state index contributed by atoms with van der Waals surface area (Å²) in [6, 6.07) is -1.92. The minimum Gasteiger partial charge on any atom is -0.480 e. The zero-order chi connectivity index (χ0) is 28.4. The molecule has 3 N–H and O–H groups in total. The summed E-state index contributed by atoms with van der Waals surface area (Å²) in [4.78, 5) is 48.8. The van der Waals surface area contributed by atoms with Gasteiger partial charge in [-0.15, -0.1) is 0 Å². The van der Waals surface area contributed by atoms with E-state index in [-0.39, 0.29) is 40.1 Å². The Morgan fingerprint density at radius 1 is 1.26 bits per heavy atom. The number of carboxylic acid groups (broad SMARTS) is 2. The number of hydrogen-bond acceptors (Lipinski definition) is 9. The van der Waals surface area contributed by atoms with E-state index >= 15 is 0 Å². The predicted molar refractivity (Wildman–Crippen MR) is 133 cm³/mol. The number of nitrogens with one attached hydrogen (secondary N) is 1. The van der Waals surface area contributed by atoms with Gasteiger partial charge in [-0.25, -0.2) is 9.59 Å². The summed E-state index contributed by atoms with van der Waals surface area (Å²) in [5, 5.41) is 34.8. The highest BCUT2D eigenvalue weighted by atomic mass is 16.8. The first kappa shape index (κ1) is 30.7. The van der Waals surface area contributed by atoms with E-state index in [9.17, 15) is 29.5 Å². The van der Waals surface area contributed by atoms with E-state index in [1.165, 1.54) is 13.0 Å². The average Bonchev–Trinajstić information content (AvgIpc) is 3.42. The van der Waals surface area contributed by atoms with Gasteiger partial charge < -0.3 is 25.1 Å². The number of rotatable bonds is 10. The molecule has 13 nitrogen and oxygen atoms in total. The largest absolute Gasteiger partial charge is 0.480 e. The number of hydrogen-bond donors (Lipinski definition) is 3. The number of likely N-dealkylation sites (tertiary alicyclic amines) is 1. The predicted octanol–water partition coefficient (Wildman–Crippen LogP) is 1.65. The molecule has 0 bridgehead atoms. The number of carbonyl (C=O) groups excluding carboxylic acids is 2. The number of ether oxygens (including phenoxy) is 1. The second-order valence-electron chi connectivity index (χ2n) is 9.50. The first-order valence-electron chi connectivity index (χ1n) is 13.0. The molecule has 13 heteroatoms. The van der Waals surface area contributed by atoms with Gasteiger partial charge in [0, 0.05) is 30.3 Å². The molecule has 1 aromatic heterocycles. The van der Waals surface area contributed by atoms with Crippen molar-refractivity contribution in [3.8, 4) is 0 Å². The van der Waals surface area contributed by atoms with Crippen LogP contribution in [0.15, 0.2) is 10.7 Å². The molecule has 0 spiro atoms. The lowest BCUT2D eigenvalue weighted by atomic mass is 9.84. The molecule has 0 aromatic carbocycles. The summed E-state index contributed by atoms with van der Waals surface area (Å²) < 4.78 is 9.28. The maximum atomic E-state index is 13.1. The van der Waals surface area contributed by atoms with Crippen LogP contribution in [0.1, 0.15) is 77.1 Å². The molecule has 1 saturated heterocycles. The first-order chi connectivity index (χ1) is 18.0. The Bertz CT molecular complexity index is 1010. The molecule has 0 radical (unpaired) electrons. The normalized spacial score (nSPS) is 22.2. The first-order valence-corrected chi connectivity index (χ1v) is 13.0. The van der Waals surface area contributed by atoms with Gasteiger partial charge in [-0.3, -0.25) is 19.5 Å². The minimum atomic E-state index is -1.10. The lowest BCUT2D eigenvalue weighted by molar-refractivity contribution is -0.806. The Hall–Kier alpha value is -3.48. The number of amides is 1. The fraction of sp³-hybridized carbons (Fsp3) is 0.680. The Morgan fingerprint density at radius 2 is 1.95 bits per heavy atom. The highest BCUT2D eigenvalue weighted by Crippen LogP contribution is 2.40. The molecule has 3 rings (SSSR count). The monoisotopic (exact) mass is 538 g/mol. The number of nitrogens with zero attached hydrogens (tertiary/aromatic N) is 3. The third kappa shape index (κ3) is 8.01. The number of aromatic nitrogens is 2. The summed E-state index contributed by atoms with van der Waals surface area (Å²) >= 11 is 0. The molecule has 1 aliphatic carbocycles. The highest BCUT2D eigenvalue weighted by Gasteiger charge is 2.48. The van der Waals surface area contributed by atoms with Gasteiger partial charge in [-0.1, -0.05) is 26.2 Å². The SMILES string of the molecule is CCC[C@H](N[C@@H](C)C(=O)N1[C@H](C(=O)O)C[C@@H]2CCCC[C@@H]21)C(=O)OCC.Cc1c(/C=C/C(=O)O)no[n+]1[O-]. The van der Waals surface area contributed by atoms with Crippen LogP contribution in [0.4, 0.5) is 0 Å². The van der Waals surface area contributed by atoms with Crippen LogP contribution in [-0.2, 0) is 23.9 Å². The maximum absolute atomic E-state index is 13.1. The zero-order valence-corrected chi connectivity index (χ0v) is 22.3. The van der Waals surface area contributed by atoms with E-state index in [2.05, 4.69) is 15.1 Å². The van der Waals surface area contributed by atoms with Crippen LogP contribution in [0.5, 0.6) is 0 Å². The topological polar surface area (TPSA) is 186 Å². The molecule has 2 fully saturated rings. The van der Waals surface area contributed by atoms with E-state index in [0.29, 0.717) is 19.4 Å². The van der Waals surface area contributed by atoms with Gasteiger partial charge in [0.15, 0.2) is 5.69 Å². The molecule has 2 aliphatic rings. The fourth-order valence-corrected chi connectivity index (χ4v) is 5.00. The van der Waals surface area contributed by atoms with Crippen LogP contribution < -0.4 is 10.2 Å². The van der Waals surface area contributed by atoms with Crippen molar-refractivity contribution >= 4 is 29.9 Å². The van der Waals surface area contributed by atoms with E-state index in [0.717, 1.165) is 38.2 Å². The number of carboxylic acids is 2. The van der Waals surface area contributed by atoms with Crippen molar-refractivity contribution in [3.05, 3.63) is 22.7 Å². The van der Waals surface area contributed by atoms with Crippen LogP contribution in [-0.4, -0.2) is 74.9 Å². The van der Waals surface area contributed by atoms with Crippen LogP contribution in [0, 0.1) is 18.0 Å². The van der Waals surface area contributed by atoms with Crippen LogP contribution in [0.25, 0.3) is 6.08 Å². The Balaban J connectivity index is 0.000000352. The molecule has 1 amide bonds. The van der Waals surface area contributed by atoms with Crippen molar-refractivity contribution in [3.63, 3.8) is 0 Å². The third-order valence-corrected chi connectivity index (χ3v) is 6.84. The van der Waals surface area contributed by atoms with E-state index in [4.69, 9.17) is 9.84 Å². The van der Waals surface area contributed by atoms with Crippen molar-refractivity contribution in [2.45, 2.75) is 96.8 Å². The summed E-state index contributed by atoms with van der Waals surface area (Å²) in [6.07, 6.45) is 7.94. The molecule has 1 aliphatic heterocycles. The van der Waals surface area contributed by atoms with Crippen LogP contribution in [0.3, 0.4) is 0 Å². The van der Waals surface area contributed by atoms with Gasteiger partial charge in [0.1, 0.15) is 12.1 Å². The molecule has 2 heterocycles. The summed E-state index contributed by atoms with van der Waals surface area (Å²) in [6.45, 7) is 7.19. The van der Waals surface area contributed by atoms with Crippen molar-refractivity contribution in [2.75, 3.05) is 6.61 Å². The molecule has 1 saturated carbocycles. The molecule has 38 heavy (non-hydrogen) atoms. The van der Waals surface area contributed by atoms with Crippen molar-refractivity contribution < 1.29 is 43.7 Å². The molecule has 1 aromatic rings. The van der Waals surface area contributed by atoms with E-state index in [1.807, 2.05) is 6.92 Å². The van der Waals surface area contributed by atoms with E-state index in [1.54, 1.807) is 18.7 Å². The summed E-state index contributed by atoms with van der Waals surface area (Å²) in [7, 11) is 0. The van der Waals surface area contributed by atoms with Gasteiger partial charge in [0.05, 0.1) is 12.6 Å². The lowest BCUT2D eigenvalue weighted by Crippen LogP contribution is -2.55. The van der Waals surface area contributed by atoms with Gasteiger partial charge >= 0.3 is 17.9 Å².